The number of hydrogen-bond acceptors (Lipinski definition) is 4. The summed E-state index contributed by atoms with van der Waals surface area (Å²) in [5.74, 6) is -2.01. The molecule has 2 heterocycles. The quantitative estimate of drug-likeness (QED) is 0.440. The van der Waals surface area contributed by atoms with Gasteiger partial charge < -0.3 is 15.7 Å². The molecule has 1 saturated carbocycles. The van der Waals surface area contributed by atoms with E-state index < -0.39 is 29.2 Å². The molecule has 1 saturated heterocycles. The van der Waals surface area contributed by atoms with Crippen LogP contribution in [-0.2, 0) is 15.0 Å². The van der Waals surface area contributed by atoms with Crippen molar-refractivity contribution >= 4 is 40.7 Å². The molecule has 2 amide bonds. The van der Waals surface area contributed by atoms with Crippen molar-refractivity contribution in [2.45, 2.75) is 88.4 Å². The number of hydrogen-bond donors (Lipinski definition) is 3. The molecule has 39 heavy (non-hydrogen) atoms. The summed E-state index contributed by atoms with van der Waals surface area (Å²) in [4.78, 5) is 30.4. The second kappa shape index (κ2) is 10.3. The highest BCUT2D eigenvalue weighted by Crippen LogP contribution is 2.60. The summed E-state index contributed by atoms with van der Waals surface area (Å²) < 4.78 is 15.9. The predicted molar refractivity (Wildman–Crippen MR) is 152 cm³/mol. The maximum atomic E-state index is 15.9. The number of fused-ring (bicyclic) bond motifs is 2. The molecular formula is C30H36Cl2FN3O3. The van der Waals surface area contributed by atoms with E-state index in [-0.39, 0.29) is 40.0 Å². The summed E-state index contributed by atoms with van der Waals surface area (Å²) >= 11 is 12.6. The molecule has 1 aliphatic carbocycles. The predicted octanol–water partition coefficient (Wildman–Crippen LogP) is 5.64. The minimum Gasteiger partial charge on any atom is -0.393 e. The highest BCUT2D eigenvalue weighted by molar-refractivity contribution is 6.31. The average molecular weight is 577 g/mol. The molecule has 0 radical (unpaired) electrons. The van der Waals surface area contributed by atoms with Gasteiger partial charge in [0.25, 0.3) is 0 Å². The largest absolute Gasteiger partial charge is 0.393 e. The molecule has 210 valence electrons. The minimum atomic E-state index is -1.27. The molecule has 2 fully saturated rings. The van der Waals surface area contributed by atoms with E-state index in [1.165, 1.54) is 6.07 Å². The number of anilines is 1. The number of carbonyl (C=O) groups is 2. The molecule has 0 unspecified atom stereocenters. The number of aliphatic hydroxyl groups is 1. The van der Waals surface area contributed by atoms with Crippen LogP contribution in [0.25, 0.3) is 0 Å². The highest BCUT2D eigenvalue weighted by atomic mass is 35.5. The maximum absolute atomic E-state index is 15.9. The van der Waals surface area contributed by atoms with Crippen molar-refractivity contribution in [2.24, 2.45) is 5.41 Å². The van der Waals surface area contributed by atoms with Crippen molar-refractivity contribution in [3.05, 3.63) is 63.4 Å². The topological polar surface area (TPSA) is 81.7 Å². The van der Waals surface area contributed by atoms with Crippen LogP contribution in [0.1, 0.15) is 69.9 Å². The molecule has 9 heteroatoms. The van der Waals surface area contributed by atoms with Gasteiger partial charge in [-0.25, -0.2) is 4.39 Å². The van der Waals surface area contributed by atoms with Gasteiger partial charge in [-0.05, 0) is 73.9 Å². The summed E-state index contributed by atoms with van der Waals surface area (Å²) in [6.07, 6.45) is 2.79. The Labute approximate surface area is 239 Å². The van der Waals surface area contributed by atoms with Crippen LogP contribution in [0, 0.1) is 11.2 Å². The van der Waals surface area contributed by atoms with Gasteiger partial charge in [0.1, 0.15) is 11.2 Å². The molecule has 2 aromatic rings. The van der Waals surface area contributed by atoms with Crippen LogP contribution in [0.4, 0.5) is 10.1 Å². The monoisotopic (exact) mass is 575 g/mol. The third-order valence-electron chi connectivity index (χ3n) is 8.75. The first-order valence-corrected chi connectivity index (χ1v) is 14.4. The van der Waals surface area contributed by atoms with Crippen LogP contribution in [0.2, 0.25) is 10.0 Å². The van der Waals surface area contributed by atoms with E-state index in [0.717, 1.165) is 0 Å². The van der Waals surface area contributed by atoms with E-state index in [1.807, 2.05) is 18.0 Å². The van der Waals surface area contributed by atoms with Crippen LogP contribution in [0.3, 0.4) is 0 Å². The Kier molecular flexibility index (Phi) is 7.51. The van der Waals surface area contributed by atoms with Gasteiger partial charge in [-0.2, -0.15) is 0 Å². The Morgan fingerprint density at radius 2 is 1.87 bits per heavy atom. The summed E-state index contributed by atoms with van der Waals surface area (Å²) in [7, 11) is 1.86. The summed E-state index contributed by atoms with van der Waals surface area (Å²) in [5, 5.41) is 16.6. The first kappa shape index (κ1) is 28.3. The molecule has 2 aromatic carbocycles. The number of carbonyl (C=O) groups excluding carboxylic acids is 2. The van der Waals surface area contributed by atoms with Gasteiger partial charge >= 0.3 is 0 Å². The van der Waals surface area contributed by atoms with Gasteiger partial charge in [0.2, 0.25) is 11.8 Å². The molecule has 5 rings (SSSR count). The van der Waals surface area contributed by atoms with Gasteiger partial charge in [0.15, 0.2) is 0 Å². The van der Waals surface area contributed by atoms with Gasteiger partial charge in [-0.15, -0.1) is 0 Å². The van der Waals surface area contributed by atoms with Crippen LogP contribution in [0.5, 0.6) is 0 Å². The number of likely N-dealkylation sites (tertiary alicyclic amines) is 1. The number of nitrogens with one attached hydrogen (secondary N) is 2. The normalized spacial score (nSPS) is 30.9. The van der Waals surface area contributed by atoms with Crippen molar-refractivity contribution in [3.63, 3.8) is 0 Å². The van der Waals surface area contributed by atoms with Gasteiger partial charge in [0, 0.05) is 28.7 Å². The van der Waals surface area contributed by atoms with Crippen LogP contribution in [-0.4, -0.2) is 53.1 Å². The number of amides is 2. The standard InChI is InChI=1S/C30H36Cl2FN3O3/c1-29(2,3)15-23-30(20-13-8-16(31)14-22(20)35-28(30)39)24(19-6-5-7-21(32)25(19)33)26(36(23)4)27(38)34-17-9-11-18(37)12-10-17/h5-8,13-14,17-18,23-24,26,37H,9-12,15H2,1-4H3,(H,34,38)(H,35,39)/t17-,18-,23-,24-,26+,30+/m0/s1. The Morgan fingerprint density at radius 3 is 2.54 bits per heavy atom. The zero-order chi connectivity index (χ0) is 28.3. The van der Waals surface area contributed by atoms with Crippen molar-refractivity contribution in [2.75, 3.05) is 12.4 Å². The molecule has 4 atom stereocenters. The SMILES string of the molecule is CN1[C@@H](CC(C)(C)C)[C@@]2(C(=O)Nc3cc(Cl)ccc32)[C@@H](c2cccc(Cl)c2F)[C@@H]1C(=O)N[C@H]1CC[C@H](O)CC1. The zero-order valence-corrected chi connectivity index (χ0v) is 24.2. The molecule has 1 spiro atoms. The lowest BCUT2D eigenvalue weighted by atomic mass is 9.62. The average Bonchev–Trinajstić information content (AvgIpc) is 3.27. The Bertz CT molecular complexity index is 1290. The van der Waals surface area contributed by atoms with E-state index in [1.54, 1.807) is 24.3 Å². The lowest BCUT2D eigenvalue weighted by Crippen LogP contribution is -2.50. The fraction of sp³-hybridized carbons (Fsp3) is 0.533. The number of benzene rings is 2. The Balaban J connectivity index is 1.71. The molecular weight excluding hydrogens is 540 g/mol. The number of likely N-dealkylation sites (N-methyl/N-ethyl adjacent to an activating group) is 1. The maximum Gasteiger partial charge on any atom is 0.238 e. The molecule has 0 bridgehead atoms. The zero-order valence-electron chi connectivity index (χ0n) is 22.7. The van der Waals surface area contributed by atoms with Crippen molar-refractivity contribution in [1.82, 2.24) is 10.2 Å². The van der Waals surface area contributed by atoms with Crippen molar-refractivity contribution in [1.29, 1.82) is 0 Å². The van der Waals surface area contributed by atoms with E-state index in [0.29, 0.717) is 48.4 Å². The molecule has 3 N–H and O–H groups in total. The molecule has 0 aromatic heterocycles. The van der Waals surface area contributed by atoms with E-state index >= 15 is 4.39 Å². The lowest BCUT2D eigenvalue weighted by molar-refractivity contribution is -0.127. The van der Waals surface area contributed by atoms with E-state index in [2.05, 4.69) is 31.4 Å². The van der Waals surface area contributed by atoms with Crippen LogP contribution >= 0.6 is 23.2 Å². The van der Waals surface area contributed by atoms with Gasteiger partial charge in [-0.1, -0.05) is 62.2 Å². The van der Waals surface area contributed by atoms with Crippen LogP contribution in [0.15, 0.2) is 36.4 Å². The highest BCUT2D eigenvalue weighted by Gasteiger charge is 2.68. The second-order valence-electron chi connectivity index (χ2n) is 12.5. The lowest BCUT2D eigenvalue weighted by Gasteiger charge is -2.39. The third-order valence-corrected chi connectivity index (χ3v) is 9.27. The van der Waals surface area contributed by atoms with Crippen molar-refractivity contribution in [3.8, 4) is 0 Å². The third kappa shape index (κ3) is 4.86. The molecule has 3 aliphatic rings. The number of aliphatic hydroxyl groups excluding tert-OH is 1. The summed E-state index contributed by atoms with van der Waals surface area (Å²) in [5.41, 5.74) is 0.0537. The number of rotatable bonds is 4. The first-order valence-electron chi connectivity index (χ1n) is 13.6. The van der Waals surface area contributed by atoms with E-state index in [9.17, 15) is 14.7 Å². The Hall–Kier alpha value is -2.19. The van der Waals surface area contributed by atoms with Crippen molar-refractivity contribution < 1.29 is 19.1 Å². The minimum absolute atomic E-state index is 0.0558. The Morgan fingerprint density at radius 1 is 1.18 bits per heavy atom. The summed E-state index contributed by atoms with van der Waals surface area (Å²) in [6.45, 7) is 6.29. The second-order valence-corrected chi connectivity index (χ2v) is 13.4. The molecule has 2 aliphatic heterocycles. The molecule has 6 nitrogen and oxygen atoms in total. The fourth-order valence-corrected chi connectivity index (χ4v) is 7.43. The smallest absolute Gasteiger partial charge is 0.238 e. The van der Waals surface area contributed by atoms with E-state index in [4.69, 9.17) is 23.2 Å². The summed E-state index contributed by atoms with van der Waals surface area (Å²) in [6, 6.07) is 8.70. The fourth-order valence-electron chi connectivity index (χ4n) is 7.08. The number of nitrogens with zero attached hydrogens (tertiary/aromatic N) is 1. The van der Waals surface area contributed by atoms with Gasteiger partial charge in [0.05, 0.1) is 17.2 Å². The van der Waals surface area contributed by atoms with Crippen LogP contribution < -0.4 is 10.6 Å². The number of halogens is 3. The first-order chi connectivity index (χ1) is 18.3. The van der Waals surface area contributed by atoms with Gasteiger partial charge in [-0.3, -0.25) is 14.5 Å².